The molecule has 0 N–H and O–H groups in total. The normalized spacial score (nSPS) is 10.9. The molecule has 0 fully saturated rings. The number of fused-ring (bicyclic) bond motifs is 1. The smallest absolute Gasteiger partial charge is 0.258 e. The molecule has 0 bridgehead atoms. The van der Waals surface area contributed by atoms with Gasteiger partial charge in [-0.05, 0) is 16.8 Å². The Morgan fingerprint density at radius 1 is 1.19 bits per heavy atom. The lowest BCUT2D eigenvalue weighted by Crippen LogP contribution is -1.90. The number of rotatable bonds is 2. The molecule has 0 saturated carbocycles. The molecule has 0 heterocycles. The molecule has 0 aromatic heterocycles. The molecule has 16 heavy (non-hydrogen) atoms. The Kier molecular flexibility index (Phi) is 2.52. The Balaban J connectivity index is 2.68. The minimum atomic E-state index is -2.58. The van der Waals surface area contributed by atoms with Crippen LogP contribution in [0.2, 0.25) is 0 Å². The third-order valence-corrected chi connectivity index (χ3v) is 2.34. The molecule has 82 valence electrons. The summed E-state index contributed by atoms with van der Waals surface area (Å²) in [5, 5.41) is 11.3. The largest absolute Gasteiger partial charge is 0.270 e. The van der Waals surface area contributed by atoms with Crippen molar-refractivity contribution in [3.05, 3.63) is 52.1 Å². The fourth-order valence-electron chi connectivity index (χ4n) is 1.60. The van der Waals surface area contributed by atoms with Crippen molar-refractivity contribution in [1.29, 1.82) is 0 Å². The van der Waals surface area contributed by atoms with Gasteiger partial charge in [0, 0.05) is 17.7 Å². The maximum Gasteiger partial charge on any atom is 0.270 e. The number of hydrogen-bond donors (Lipinski definition) is 0. The standard InChI is InChI=1S/C11H7F2NO2/c12-11(13)10-3-1-2-7-6-8(14(15)16)4-5-9(7)10/h1-6,11H. The maximum absolute atomic E-state index is 12.6. The molecule has 5 heteroatoms. The molecule has 0 atom stereocenters. The van der Waals surface area contributed by atoms with Crippen LogP contribution in [0.3, 0.4) is 0 Å². The van der Waals surface area contributed by atoms with E-state index in [0.29, 0.717) is 10.8 Å². The van der Waals surface area contributed by atoms with E-state index in [1.54, 1.807) is 6.07 Å². The van der Waals surface area contributed by atoms with E-state index in [0.717, 1.165) is 0 Å². The van der Waals surface area contributed by atoms with Gasteiger partial charge < -0.3 is 0 Å². The lowest BCUT2D eigenvalue weighted by atomic mass is 10.0. The van der Waals surface area contributed by atoms with Crippen molar-refractivity contribution in [1.82, 2.24) is 0 Å². The highest BCUT2D eigenvalue weighted by Gasteiger charge is 2.13. The zero-order valence-corrected chi connectivity index (χ0v) is 8.06. The van der Waals surface area contributed by atoms with Crippen LogP contribution in [0.15, 0.2) is 36.4 Å². The number of alkyl halides is 2. The quantitative estimate of drug-likeness (QED) is 0.575. The molecule has 3 nitrogen and oxygen atoms in total. The average molecular weight is 223 g/mol. The van der Waals surface area contributed by atoms with Gasteiger partial charge in [-0.2, -0.15) is 0 Å². The maximum atomic E-state index is 12.6. The van der Waals surface area contributed by atoms with Gasteiger partial charge >= 0.3 is 0 Å². The summed E-state index contributed by atoms with van der Waals surface area (Å²) < 4.78 is 25.2. The van der Waals surface area contributed by atoms with E-state index in [9.17, 15) is 18.9 Å². The van der Waals surface area contributed by atoms with Crippen molar-refractivity contribution >= 4 is 16.5 Å². The van der Waals surface area contributed by atoms with Gasteiger partial charge in [-0.3, -0.25) is 10.1 Å². The fraction of sp³-hybridized carbons (Fsp3) is 0.0909. The molecule has 0 unspecified atom stereocenters. The Labute approximate surface area is 89.5 Å². The van der Waals surface area contributed by atoms with Crippen molar-refractivity contribution in [2.75, 3.05) is 0 Å². The first-order valence-corrected chi connectivity index (χ1v) is 4.55. The molecule has 0 aliphatic heterocycles. The SMILES string of the molecule is O=[N+]([O-])c1ccc2c(C(F)F)cccc2c1. The van der Waals surface area contributed by atoms with Crippen LogP contribution < -0.4 is 0 Å². The Bertz CT molecular complexity index is 555. The van der Waals surface area contributed by atoms with Gasteiger partial charge in [0.05, 0.1) is 4.92 Å². The molecule has 0 amide bonds. The molecule has 0 radical (unpaired) electrons. The second-order valence-electron chi connectivity index (χ2n) is 3.31. The summed E-state index contributed by atoms with van der Waals surface area (Å²) >= 11 is 0. The molecule has 0 aliphatic carbocycles. The third-order valence-electron chi connectivity index (χ3n) is 2.34. The van der Waals surface area contributed by atoms with Crippen LogP contribution >= 0.6 is 0 Å². The van der Waals surface area contributed by atoms with Crippen molar-refractivity contribution in [3.8, 4) is 0 Å². The van der Waals surface area contributed by atoms with E-state index in [1.807, 2.05) is 0 Å². The second-order valence-corrected chi connectivity index (χ2v) is 3.31. The number of nitro benzene ring substituents is 1. The monoisotopic (exact) mass is 223 g/mol. The van der Waals surface area contributed by atoms with Crippen LogP contribution in [0, 0.1) is 10.1 Å². The number of halogens is 2. The molecule has 0 saturated heterocycles. The Morgan fingerprint density at radius 2 is 1.94 bits per heavy atom. The molecule has 0 aliphatic rings. The first kappa shape index (κ1) is 10.5. The van der Waals surface area contributed by atoms with E-state index in [1.165, 1.54) is 30.3 Å². The van der Waals surface area contributed by atoms with Gasteiger partial charge in [0.2, 0.25) is 0 Å². The van der Waals surface area contributed by atoms with Crippen LogP contribution in [0.1, 0.15) is 12.0 Å². The molecule has 2 aromatic carbocycles. The number of nitrogens with zero attached hydrogens (tertiary/aromatic N) is 1. The van der Waals surface area contributed by atoms with Gasteiger partial charge in [-0.25, -0.2) is 8.78 Å². The summed E-state index contributed by atoms with van der Waals surface area (Å²) in [6.07, 6.45) is -2.58. The summed E-state index contributed by atoms with van der Waals surface area (Å²) in [7, 11) is 0. The van der Waals surface area contributed by atoms with Crippen LogP contribution in [-0.2, 0) is 0 Å². The van der Waals surface area contributed by atoms with Gasteiger partial charge in [-0.15, -0.1) is 0 Å². The first-order valence-electron chi connectivity index (χ1n) is 4.55. The lowest BCUT2D eigenvalue weighted by Gasteiger charge is -2.04. The van der Waals surface area contributed by atoms with E-state index >= 15 is 0 Å². The van der Waals surface area contributed by atoms with Gasteiger partial charge in [0.25, 0.3) is 12.1 Å². The van der Waals surface area contributed by atoms with Crippen LogP contribution in [0.5, 0.6) is 0 Å². The molecule has 2 rings (SSSR count). The third kappa shape index (κ3) is 1.71. The van der Waals surface area contributed by atoms with Gasteiger partial charge in [0.15, 0.2) is 0 Å². The highest BCUT2D eigenvalue weighted by Crippen LogP contribution is 2.29. The number of hydrogen-bond acceptors (Lipinski definition) is 2. The minimum Gasteiger partial charge on any atom is -0.258 e. The van der Waals surface area contributed by atoms with Gasteiger partial charge in [0.1, 0.15) is 0 Å². The highest BCUT2D eigenvalue weighted by atomic mass is 19.3. The number of nitro groups is 1. The van der Waals surface area contributed by atoms with Gasteiger partial charge in [-0.1, -0.05) is 18.2 Å². The van der Waals surface area contributed by atoms with Crippen molar-refractivity contribution in [3.63, 3.8) is 0 Å². The summed E-state index contributed by atoms with van der Waals surface area (Å²) in [6.45, 7) is 0. The topological polar surface area (TPSA) is 43.1 Å². The number of non-ortho nitro benzene ring substituents is 1. The molecular weight excluding hydrogens is 216 g/mol. The van der Waals surface area contributed by atoms with Crippen LogP contribution in [-0.4, -0.2) is 4.92 Å². The van der Waals surface area contributed by atoms with Crippen molar-refractivity contribution in [2.24, 2.45) is 0 Å². The average Bonchev–Trinajstić information content (AvgIpc) is 2.27. The molecular formula is C11H7F2NO2. The van der Waals surface area contributed by atoms with Crippen LogP contribution in [0.25, 0.3) is 10.8 Å². The Morgan fingerprint density at radius 3 is 2.56 bits per heavy atom. The summed E-state index contributed by atoms with van der Waals surface area (Å²) in [5.41, 5.74) is -0.202. The minimum absolute atomic E-state index is 0.0982. The van der Waals surface area contributed by atoms with E-state index < -0.39 is 11.3 Å². The van der Waals surface area contributed by atoms with E-state index in [2.05, 4.69) is 0 Å². The second kappa shape index (κ2) is 3.84. The predicted octanol–water partition coefficient (Wildman–Crippen LogP) is 3.69. The van der Waals surface area contributed by atoms with Crippen molar-refractivity contribution in [2.45, 2.75) is 6.43 Å². The van der Waals surface area contributed by atoms with E-state index in [-0.39, 0.29) is 11.3 Å². The summed E-state index contributed by atoms with van der Waals surface area (Å²) in [6, 6.07) is 8.24. The lowest BCUT2D eigenvalue weighted by molar-refractivity contribution is -0.384. The first-order chi connectivity index (χ1) is 7.59. The predicted molar refractivity (Wildman–Crippen MR) is 55.6 cm³/mol. The summed E-state index contributed by atoms with van der Waals surface area (Å²) in [5.74, 6) is 0. The highest BCUT2D eigenvalue weighted by molar-refractivity contribution is 5.87. The number of benzene rings is 2. The molecule has 2 aromatic rings. The zero-order valence-electron chi connectivity index (χ0n) is 8.06. The fourth-order valence-corrected chi connectivity index (χ4v) is 1.60. The Hall–Kier alpha value is -2.04. The summed E-state index contributed by atoms with van der Waals surface area (Å²) in [4.78, 5) is 9.97. The van der Waals surface area contributed by atoms with E-state index in [4.69, 9.17) is 0 Å². The zero-order chi connectivity index (χ0) is 11.7. The van der Waals surface area contributed by atoms with Crippen molar-refractivity contribution < 1.29 is 13.7 Å². The molecule has 0 spiro atoms. The van der Waals surface area contributed by atoms with Crippen LogP contribution in [0.4, 0.5) is 14.5 Å².